The molecule has 0 aliphatic heterocycles. The minimum absolute atomic E-state index is 0.255. The van der Waals surface area contributed by atoms with E-state index < -0.39 is 0 Å². The fraction of sp³-hybridized carbons (Fsp3) is 0.933. The molecule has 98 valence electrons. The van der Waals surface area contributed by atoms with Crippen molar-refractivity contribution in [2.24, 2.45) is 0 Å². The smallest absolute Gasteiger partial charge is 0.149 e. The Balaban J connectivity index is 2.01. The zero-order chi connectivity index (χ0) is 12.1. The average molecular weight is 237 g/mol. The van der Waals surface area contributed by atoms with E-state index in [1.807, 2.05) is 0 Å². The molecule has 2 aliphatic carbocycles. The summed E-state index contributed by atoms with van der Waals surface area (Å²) >= 11 is 0. The first-order chi connectivity index (χ1) is 8.33. The average Bonchev–Trinajstić information content (AvgIpc) is 2.58. The Hall–Kier alpha value is -0.370. The molecule has 2 aliphatic rings. The van der Waals surface area contributed by atoms with E-state index in [4.69, 9.17) is 0 Å². The van der Waals surface area contributed by atoms with Crippen LogP contribution in [-0.2, 0) is 4.79 Å². The maximum atomic E-state index is 12.2. The number of nitrogens with zero attached hydrogens (tertiary/aromatic N) is 1. The van der Waals surface area contributed by atoms with E-state index in [2.05, 4.69) is 11.8 Å². The van der Waals surface area contributed by atoms with E-state index in [1.54, 1.807) is 0 Å². The van der Waals surface area contributed by atoms with Crippen molar-refractivity contribution in [3.05, 3.63) is 0 Å². The van der Waals surface area contributed by atoms with Crippen molar-refractivity contribution in [3.63, 3.8) is 0 Å². The Labute approximate surface area is 106 Å². The van der Waals surface area contributed by atoms with E-state index in [0.29, 0.717) is 11.8 Å². The van der Waals surface area contributed by atoms with Gasteiger partial charge in [-0.1, -0.05) is 39.0 Å². The highest BCUT2D eigenvalue weighted by Crippen LogP contribution is 2.27. The topological polar surface area (TPSA) is 20.3 Å². The molecule has 0 saturated heterocycles. The lowest BCUT2D eigenvalue weighted by atomic mass is 9.91. The van der Waals surface area contributed by atoms with Crippen LogP contribution in [-0.4, -0.2) is 29.3 Å². The molecule has 0 aromatic heterocycles. The molecule has 2 heteroatoms. The maximum Gasteiger partial charge on any atom is 0.149 e. The van der Waals surface area contributed by atoms with Gasteiger partial charge in [0.05, 0.1) is 6.04 Å². The van der Waals surface area contributed by atoms with Crippen molar-refractivity contribution in [1.29, 1.82) is 0 Å². The Bertz CT molecular complexity index is 245. The number of hydrogen-bond donors (Lipinski definition) is 0. The van der Waals surface area contributed by atoms with Gasteiger partial charge in [0.15, 0.2) is 0 Å². The van der Waals surface area contributed by atoms with Gasteiger partial charge in [-0.3, -0.25) is 9.69 Å². The fourth-order valence-corrected chi connectivity index (χ4v) is 3.64. The fourth-order valence-electron chi connectivity index (χ4n) is 3.64. The molecule has 0 heterocycles. The van der Waals surface area contributed by atoms with Crippen LogP contribution in [0.3, 0.4) is 0 Å². The lowest BCUT2D eigenvalue weighted by molar-refractivity contribution is -0.125. The zero-order valence-corrected chi connectivity index (χ0v) is 11.3. The minimum atomic E-state index is 0.255. The van der Waals surface area contributed by atoms with Crippen molar-refractivity contribution >= 4 is 5.78 Å². The summed E-state index contributed by atoms with van der Waals surface area (Å²) in [7, 11) is 0. The summed E-state index contributed by atoms with van der Waals surface area (Å²) in [5, 5.41) is 0. The predicted octanol–water partition coefficient (Wildman–Crippen LogP) is 3.54. The van der Waals surface area contributed by atoms with Crippen molar-refractivity contribution in [3.8, 4) is 0 Å². The largest absolute Gasteiger partial charge is 0.298 e. The summed E-state index contributed by atoms with van der Waals surface area (Å²) in [4.78, 5) is 14.8. The van der Waals surface area contributed by atoms with Gasteiger partial charge in [-0.15, -0.1) is 0 Å². The molecule has 0 N–H and O–H groups in total. The number of carbonyl (C=O) groups is 1. The van der Waals surface area contributed by atoms with Crippen LogP contribution in [0.15, 0.2) is 0 Å². The van der Waals surface area contributed by atoms with E-state index in [0.717, 1.165) is 25.8 Å². The van der Waals surface area contributed by atoms with Crippen molar-refractivity contribution < 1.29 is 4.79 Å². The molecule has 1 unspecified atom stereocenters. The van der Waals surface area contributed by atoms with Crippen LogP contribution < -0.4 is 0 Å². The van der Waals surface area contributed by atoms with E-state index in [9.17, 15) is 4.79 Å². The summed E-state index contributed by atoms with van der Waals surface area (Å²) in [6.45, 7) is 3.29. The molecule has 0 amide bonds. The van der Waals surface area contributed by atoms with E-state index in [-0.39, 0.29) is 6.04 Å². The number of rotatable bonds is 3. The van der Waals surface area contributed by atoms with Crippen molar-refractivity contribution in [1.82, 2.24) is 4.90 Å². The summed E-state index contributed by atoms with van der Waals surface area (Å²) < 4.78 is 0. The summed E-state index contributed by atoms with van der Waals surface area (Å²) in [6, 6.07) is 0.950. The summed E-state index contributed by atoms with van der Waals surface area (Å²) in [6.07, 6.45) is 12.3. The maximum absolute atomic E-state index is 12.2. The Morgan fingerprint density at radius 1 is 1.00 bits per heavy atom. The van der Waals surface area contributed by atoms with Crippen LogP contribution >= 0.6 is 0 Å². The van der Waals surface area contributed by atoms with Gasteiger partial charge in [0.1, 0.15) is 5.78 Å². The second-order valence-electron chi connectivity index (χ2n) is 5.70. The molecule has 1 atom stereocenters. The van der Waals surface area contributed by atoms with Gasteiger partial charge in [0.25, 0.3) is 0 Å². The molecule has 2 nitrogen and oxygen atoms in total. The predicted molar refractivity (Wildman–Crippen MR) is 71.1 cm³/mol. The first-order valence-electron chi connectivity index (χ1n) is 7.61. The van der Waals surface area contributed by atoms with E-state index >= 15 is 0 Å². The SMILES string of the molecule is CCN(C1CCCCC1)C1CCCCCC1=O. The second-order valence-corrected chi connectivity index (χ2v) is 5.70. The van der Waals surface area contributed by atoms with Gasteiger partial charge < -0.3 is 0 Å². The number of Topliss-reactive ketones (excluding diaryl/α,β-unsaturated/α-hetero) is 1. The molecule has 2 rings (SSSR count). The molecular formula is C15H27NO. The zero-order valence-electron chi connectivity index (χ0n) is 11.3. The van der Waals surface area contributed by atoms with Crippen LogP contribution in [0, 0.1) is 0 Å². The van der Waals surface area contributed by atoms with Crippen LogP contribution in [0.4, 0.5) is 0 Å². The first kappa shape index (κ1) is 13.1. The van der Waals surface area contributed by atoms with Crippen molar-refractivity contribution in [2.45, 2.75) is 83.2 Å². The molecule has 0 spiro atoms. The third-order valence-electron chi connectivity index (χ3n) is 4.58. The highest BCUT2D eigenvalue weighted by Gasteiger charge is 2.31. The second kappa shape index (κ2) is 6.53. The lowest BCUT2D eigenvalue weighted by Gasteiger charge is -2.38. The Morgan fingerprint density at radius 2 is 1.65 bits per heavy atom. The van der Waals surface area contributed by atoms with Gasteiger partial charge in [0.2, 0.25) is 0 Å². The van der Waals surface area contributed by atoms with Gasteiger partial charge >= 0.3 is 0 Å². The molecule has 17 heavy (non-hydrogen) atoms. The van der Waals surface area contributed by atoms with Crippen LogP contribution in [0.1, 0.15) is 71.1 Å². The van der Waals surface area contributed by atoms with Crippen LogP contribution in [0.25, 0.3) is 0 Å². The number of ketones is 1. The molecule has 2 saturated carbocycles. The summed E-state index contributed by atoms with van der Waals surface area (Å²) in [5.41, 5.74) is 0. The first-order valence-corrected chi connectivity index (χ1v) is 7.61. The van der Waals surface area contributed by atoms with Crippen LogP contribution in [0.2, 0.25) is 0 Å². The number of hydrogen-bond acceptors (Lipinski definition) is 2. The van der Waals surface area contributed by atoms with Crippen molar-refractivity contribution in [2.75, 3.05) is 6.54 Å². The minimum Gasteiger partial charge on any atom is -0.298 e. The number of carbonyl (C=O) groups excluding carboxylic acids is 1. The monoisotopic (exact) mass is 237 g/mol. The normalized spacial score (nSPS) is 28.4. The highest BCUT2D eigenvalue weighted by molar-refractivity contribution is 5.84. The number of likely N-dealkylation sites (N-methyl/N-ethyl adjacent to an activating group) is 1. The Morgan fingerprint density at radius 3 is 2.35 bits per heavy atom. The summed E-state index contributed by atoms with van der Waals surface area (Å²) in [5.74, 6) is 0.523. The molecule has 0 aromatic carbocycles. The molecule has 0 aromatic rings. The van der Waals surface area contributed by atoms with Gasteiger partial charge in [-0.05, 0) is 32.2 Å². The quantitative estimate of drug-likeness (QED) is 0.700. The molecule has 2 fully saturated rings. The Kier molecular flexibility index (Phi) is 5.02. The van der Waals surface area contributed by atoms with E-state index in [1.165, 1.54) is 44.9 Å². The lowest BCUT2D eigenvalue weighted by Crippen LogP contribution is -2.47. The highest BCUT2D eigenvalue weighted by atomic mass is 16.1. The van der Waals surface area contributed by atoms with Gasteiger partial charge in [0, 0.05) is 12.5 Å². The van der Waals surface area contributed by atoms with Crippen LogP contribution in [0.5, 0.6) is 0 Å². The third kappa shape index (κ3) is 3.31. The third-order valence-corrected chi connectivity index (χ3v) is 4.58. The molecular weight excluding hydrogens is 210 g/mol. The standard InChI is InChI=1S/C15H27NO/c1-2-16(13-9-5-3-6-10-13)14-11-7-4-8-12-15(14)17/h13-14H,2-12H2,1H3. The molecule has 0 radical (unpaired) electrons. The molecule has 0 bridgehead atoms. The van der Waals surface area contributed by atoms with Gasteiger partial charge in [-0.2, -0.15) is 0 Å². The van der Waals surface area contributed by atoms with Gasteiger partial charge in [-0.25, -0.2) is 0 Å².